The van der Waals surface area contributed by atoms with Gasteiger partial charge in [0.25, 0.3) is 0 Å². The van der Waals surface area contributed by atoms with Gasteiger partial charge in [0.05, 0.1) is 10.0 Å². The zero-order valence-electron chi connectivity index (χ0n) is 9.64. The number of nitrogens with zero attached hydrogens (tertiary/aromatic N) is 1. The molecule has 2 rings (SSSR count). The Morgan fingerprint density at radius 2 is 2.05 bits per heavy atom. The first-order chi connectivity index (χ1) is 9.09. The van der Waals surface area contributed by atoms with E-state index >= 15 is 0 Å². The average molecular weight is 298 g/mol. The van der Waals surface area contributed by atoms with Crippen LogP contribution < -0.4 is 4.74 Å². The van der Waals surface area contributed by atoms with Gasteiger partial charge in [0.15, 0.2) is 0 Å². The minimum atomic E-state index is -1.14. The lowest BCUT2D eigenvalue weighted by Crippen LogP contribution is -2.04. The fraction of sp³-hybridized carbons (Fsp3) is 0.0769. The van der Waals surface area contributed by atoms with Gasteiger partial charge >= 0.3 is 5.97 Å². The monoisotopic (exact) mass is 297 g/mol. The minimum absolute atomic E-state index is 0.0608. The number of hydrogen-bond donors (Lipinski definition) is 1. The third-order valence-electron chi connectivity index (χ3n) is 2.43. The number of hydrogen-bond acceptors (Lipinski definition) is 3. The maximum atomic E-state index is 11.1. The van der Waals surface area contributed by atoms with Gasteiger partial charge in [0.2, 0.25) is 0 Å². The van der Waals surface area contributed by atoms with Crippen molar-refractivity contribution in [1.82, 2.24) is 4.98 Å². The molecule has 0 fully saturated rings. The van der Waals surface area contributed by atoms with Crippen molar-refractivity contribution < 1.29 is 14.6 Å². The molecule has 0 saturated heterocycles. The smallest absolute Gasteiger partial charge is 0.341 e. The topological polar surface area (TPSA) is 59.4 Å². The van der Waals surface area contributed by atoms with Crippen molar-refractivity contribution in [2.45, 2.75) is 6.61 Å². The molecule has 0 aliphatic carbocycles. The molecule has 0 aliphatic rings. The molecule has 0 radical (unpaired) electrons. The molecule has 6 heteroatoms. The molecule has 0 spiro atoms. The molecule has 0 atom stereocenters. The molecule has 0 amide bonds. The molecular formula is C13H9Cl2NO3. The number of carboxylic acids is 1. The van der Waals surface area contributed by atoms with Crippen LogP contribution in [0.2, 0.25) is 10.0 Å². The molecule has 1 heterocycles. The van der Waals surface area contributed by atoms with E-state index in [0.717, 1.165) is 0 Å². The van der Waals surface area contributed by atoms with Gasteiger partial charge in [-0.3, -0.25) is 4.98 Å². The lowest BCUT2D eigenvalue weighted by molar-refractivity contribution is 0.0692. The average Bonchev–Trinajstić information content (AvgIpc) is 2.37. The molecular weight excluding hydrogens is 289 g/mol. The summed E-state index contributed by atoms with van der Waals surface area (Å²) >= 11 is 11.8. The normalized spacial score (nSPS) is 10.2. The summed E-state index contributed by atoms with van der Waals surface area (Å²) in [5.41, 5.74) is 0.655. The summed E-state index contributed by atoms with van der Waals surface area (Å²) in [7, 11) is 0. The SMILES string of the molecule is O=C(O)c1c(Cl)cccc1OCc1ccncc1Cl. The summed E-state index contributed by atoms with van der Waals surface area (Å²) < 4.78 is 5.47. The van der Waals surface area contributed by atoms with Crippen LogP contribution in [0.5, 0.6) is 5.75 Å². The molecule has 1 aromatic carbocycles. The van der Waals surface area contributed by atoms with Crippen molar-refractivity contribution in [3.63, 3.8) is 0 Å². The minimum Gasteiger partial charge on any atom is -0.488 e. The maximum Gasteiger partial charge on any atom is 0.341 e. The highest BCUT2D eigenvalue weighted by Crippen LogP contribution is 2.27. The molecule has 4 nitrogen and oxygen atoms in total. The van der Waals surface area contributed by atoms with Gasteiger partial charge in [-0.1, -0.05) is 29.3 Å². The van der Waals surface area contributed by atoms with Crippen molar-refractivity contribution in [3.05, 3.63) is 57.8 Å². The van der Waals surface area contributed by atoms with E-state index in [-0.39, 0.29) is 22.9 Å². The Morgan fingerprint density at radius 3 is 2.74 bits per heavy atom. The van der Waals surface area contributed by atoms with Crippen LogP contribution >= 0.6 is 23.2 Å². The summed E-state index contributed by atoms with van der Waals surface area (Å²) in [4.78, 5) is 15.0. The van der Waals surface area contributed by atoms with E-state index in [2.05, 4.69) is 4.98 Å². The second-order valence-corrected chi connectivity index (χ2v) is 4.49. The van der Waals surface area contributed by atoms with Crippen molar-refractivity contribution in [3.8, 4) is 5.75 Å². The van der Waals surface area contributed by atoms with E-state index in [1.54, 1.807) is 24.4 Å². The number of carbonyl (C=O) groups is 1. The summed E-state index contributed by atoms with van der Waals surface area (Å²) in [5, 5.41) is 9.69. The third-order valence-corrected chi connectivity index (χ3v) is 3.08. The first kappa shape index (κ1) is 13.6. The fourth-order valence-electron chi connectivity index (χ4n) is 1.51. The predicted molar refractivity (Wildman–Crippen MR) is 72.0 cm³/mol. The largest absolute Gasteiger partial charge is 0.488 e. The molecule has 0 aliphatic heterocycles. The van der Waals surface area contributed by atoms with Crippen LogP contribution in [-0.2, 0) is 6.61 Å². The summed E-state index contributed by atoms with van der Waals surface area (Å²) in [6, 6.07) is 6.37. The lowest BCUT2D eigenvalue weighted by Gasteiger charge is -2.10. The van der Waals surface area contributed by atoms with Crippen LogP contribution in [0.4, 0.5) is 0 Å². The van der Waals surface area contributed by atoms with Crippen LogP contribution in [0.25, 0.3) is 0 Å². The van der Waals surface area contributed by atoms with Crippen LogP contribution in [0.15, 0.2) is 36.7 Å². The van der Waals surface area contributed by atoms with Gasteiger partial charge in [-0.2, -0.15) is 0 Å². The second-order valence-electron chi connectivity index (χ2n) is 3.67. The Bertz CT molecular complexity index is 617. The van der Waals surface area contributed by atoms with Crippen LogP contribution in [0.3, 0.4) is 0 Å². The number of ether oxygens (including phenoxy) is 1. The van der Waals surface area contributed by atoms with Crippen molar-refractivity contribution in [1.29, 1.82) is 0 Å². The Hall–Kier alpha value is -1.78. The number of aromatic nitrogens is 1. The van der Waals surface area contributed by atoms with Crippen LogP contribution in [0, 0.1) is 0 Å². The van der Waals surface area contributed by atoms with Gasteiger partial charge in [0, 0.05) is 18.0 Å². The Balaban J connectivity index is 2.23. The van der Waals surface area contributed by atoms with Gasteiger partial charge in [-0.15, -0.1) is 0 Å². The number of benzene rings is 1. The number of pyridine rings is 1. The Kier molecular flexibility index (Phi) is 4.24. The lowest BCUT2D eigenvalue weighted by atomic mass is 10.2. The van der Waals surface area contributed by atoms with Crippen LogP contribution in [-0.4, -0.2) is 16.1 Å². The van der Waals surface area contributed by atoms with E-state index < -0.39 is 5.97 Å². The van der Waals surface area contributed by atoms with Crippen molar-refractivity contribution in [2.75, 3.05) is 0 Å². The molecule has 0 bridgehead atoms. The van der Waals surface area contributed by atoms with E-state index in [4.69, 9.17) is 33.0 Å². The van der Waals surface area contributed by atoms with E-state index in [9.17, 15) is 4.79 Å². The molecule has 0 saturated carbocycles. The van der Waals surface area contributed by atoms with E-state index in [0.29, 0.717) is 10.6 Å². The number of rotatable bonds is 4. The molecule has 0 unspecified atom stereocenters. The summed E-state index contributed by atoms with van der Waals surface area (Å²) in [5.74, 6) is -0.936. The Morgan fingerprint density at radius 1 is 1.26 bits per heavy atom. The molecule has 98 valence electrons. The van der Waals surface area contributed by atoms with Crippen LogP contribution in [0.1, 0.15) is 15.9 Å². The Labute approximate surface area is 119 Å². The molecule has 1 N–H and O–H groups in total. The zero-order valence-corrected chi connectivity index (χ0v) is 11.1. The van der Waals surface area contributed by atoms with Gasteiger partial charge in [-0.05, 0) is 18.2 Å². The van der Waals surface area contributed by atoms with Gasteiger partial charge in [-0.25, -0.2) is 4.79 Å². The van der Waals surface area contributed by atoms with E-state index in [1.807, 2.05) is 0 Å². The number of halogens is 2. The third kappa shape index (κ3) is 3.16. The number of carboxylic acid groups (broad SMARTS) is 1. The predicted octanol–water partition coefficient (Wildman–Crippen LogP) is 3.67. The fourth-order valence-corrected chi connectivity index (χ4v) is 1.93. The summed E-state index contributed by atoms with van der Waals surface area (Å²) in [6.45, 7) is 0.141. The zero-order chi connectivity index (χ0) is 13.8. The maximum absolute atomic E-state index is 11.1. The van der Waals surface area contributed by atoms with Gasteiger partial charge in [0.1, 0.15) is 17.9 Å². The first-order valence-electron chi connectivity index (χ1n) is 5.32. The molecule has 2 aromatic rings. The molecule has 19 heavy (non-hydrogen) atoms. The quantitative estimate of drug-likeness (QED) is 0.935. The van der Waals surface area contributed by atoms with Crippen molar-refractivity contribution >= 4 is 29.2 Å². The highest BCUT2D eigenvalue weighted by atomic mass is 35.5. The van der Waals surface area contributed by atoms with Gasteiger partial charge < -0.3 is 9.84 Å². The second kappa shape index (κ2) is 5.91. The van der Waals surface area contributed by atoms with E-state index in [1.165, 1.54) is 12.3 Å². The highest BCUT2D eigenvalue weighted by molar-refractivity contribution is 6.33. The van der Waals surface area contributed by atoms with Crippen molar-refractivity contribution in [2.24, 2.45) is 0 Å². The summed E-state index contributed by atoms with van der Waals surface area (Å²) in [6.07, 6.45) is 3.08. The number of aromatic carboxylic acids is 1. The highest BCUT2D eigenvalue weighted by Gasteiger charge is 2.15. The molecule has 1 aromatic heterocycles. The standard InChI is InChI=1S/C13H9Cl2NO3/c14-9-2-1-3-11(12(9)13(17)18)19-7-8-4-5-16-6-10(8)15/h1-6H,7H2,(H,17,18). The first-order valence-corrected chi connectivity index (χ1v) is 6.08.